The van der Waals surface area contributed by atoms with Crippen LogP contribution in [0.4, 0.5) is 5.69 Å². The highest BCUT2D eigenvalue weighted by molar-refractivity contribution is 7.98. The number of oxime groups is 1. The predicted molar refractivity (Wildman–Crippen MR) is 84.8 cm³/mol. The number of hydrogen-bond acceptors (Lipinski definition) is 4. The Balaban J connectivity index is 3.01. The SMILES string of the molecule is CCC(CSC)N(C)c1ccc(/C(N)=N/O)cc1Cl. The van der Waals surface area contributed by atoms with Gasteiger partial charge in [-0.3, -0.25) is 0 Å². The van der Waals surface area contributed by atoms with E-state index in [-0.39, 0.29) is 5.84 Å². The molecule has 106 valence electrons. The Hall–Kier alpha value is -1.07. The van der Waals surface area contributed by atoms with Crippen LogP contribution in [0.2, 0.25) is 5.02 Å². The maximum Gasteiger partial charge on any atom is 0.170 e. The van der Waals surface area contributed by atoms with Crippen molar-refractivity contribution in [1.82, 2.24) is 0 Å². The van der Waals surface area contributed by atoms with E-state index in [0.717, 1.165) is 17.9 Å². The van der Waals surface area contributed by atoms with Gasteiger partial charge in [0.25, 0.3) is 0 Å². The Morgan fingerprint density at radius 1 is 1.58 bits per heavy atom. The van der Waals surface area contributed by atoms with E-state index in [4.69, 9.17) is 22.5 Å². The first-order valence-electron chi connectivity index (χ1n) is 6.04. The summed E-state index contributed by atoms with van der Waals surface area (Å²) >= 11 is 8.10. The number of anilines is 1. The molecule has 0 bridgehead atoms. The first-order valence-corrected chi connectivity index (χ1v) is 7.81. The van der Waals surface area contributed by atoms with E-state index in [0.29, 0.717) is 16.6 Å². The van der Waals surface area contributed by atoms with Gasteiger partial charge in [-0.25, -0.2) is 0 Å². The minimum atomic E-state index is 0.0623. The van der Waals surface area contributed by atoms with Crippen LogP contribution in [-0.4, -0.2) is 36.1 Å². The van der Waals surface area contributed by atoms with Crippen molar-refractivity contribution < 1.29 is 5.21 Å². The molecule has 0 aliphatic rings. The minimum Gasteiger partial charge on any atom is -0.409 e. The third-order valence-electron chi connectivity index (χ3n) is 3.11. The van der Waals surface area contributed by atoms with Gasteiger partial charge in [-0.2, -0.15) is 11.8 Å². The number of nitrogens with zero attached hydrogens (tertiary/aromatic N) is 2. The zero-order valence-corrected chi connectivity index (χ0v) is 13.0. The lowest BCUT2D eigenvalue weighted by Gasteiger charge is -2.29. The number of benzene rings is 1. The van der Waals surface area contributed by atoms with Crippen molar-refractivity contribution in [1.29, 1.82) is 0 Å². The smallest absolute Gasteiger partial charge is 0.170 e. The number of amidine groups is 1. The number of hydrogen-bond donors (Lipinski definition) is 2. The Kier molecular flexibility index (Phi) is 6.31. The highest BCUT2D eigenvalue weighted by Gasteiger charge is 2.16. The van der Waals surface area contributed by atoms with Crippen LogP contribution >= 0.6 is 23.4 Å². The first-order chi connectivity index (χ1) is 9.04. The molecule has 0 spiro atoms. The van der Waals surface area contributed by atoms with Crippen LogP contribution < -0.4 is 10.6 Å². The predicted octanol–water partition coefficient (Wildman–Crippen LogP) is 3.01. The lowest BCUT2D eigenvalue weighted by Crippen LogP contribution is -2.33. The lowest BCUT2D eigenvalue weighted by atomic mass is 10.1. The lowest BCUT2D eigenvalue weighted by molar-refractivity contribution is 0.318. The molecule has 0 amide bonds. The van der Waals surface area contributed by atoms with Crippen molar-refractivity contribution in [3.8, 4) is 0 Å². The molecule has 0 heterocycles. The van der Waals surface area contributed by atoms with Crippen LogP contribution in [0.15, 0.2) is 23.4 Å². The van der Waals surface area contributed by atoms with Gasteiger partial charge in [-0.1, -0.05) is 23.7 Å². The largest absolute Gasteiger partial charge is 0.409 e. The molecule has 1 unspecified atom stereocenters. The molecule has 4 nitrogen and oxygen atoms in total. The summed E-state index contributed by atoms with van der Waals surface area (Å²) in [5.74, 6) is 1.11. The van der Waals surface area contributed by atoms with Gasteiger partial charge in [0.05, 0.1) is 10.7 Å². The minimum absolute atomic E-state index is 0.0623. The molecule has 0 radical (unpaired) electrons. The molecule has 0 aliphatic heterocycles. The number of rotatable bonds is 6. The molecule has 0 saturated heterocycles. The standard InChI is InChI=1S/C13H20ClN3OS/c1-4-10(8-19-3)17(2)12-6-5-9(7-11(12)14)13(15)16-18/h5-7,10,18H,4,8H2,1-3H3,(H2,15,16). The topological polar surface area (TPSA) is 61.8 Å². The van der Waals surface area contributed by atoms with Crippen molar-refractivity contribution in [2.45, 2.75) is 19.4 Å². The van der Waals surface area contributed by atoms with Gasteiger partial charge in [0.15, 0.2) is 5.84 Å². The third-order valence-corrected chi connectivity index (χ3v) is 4.13. The zero-order valence-electron chi connectivity index (χ0n) is 11.4. The van der Waals surface area contributed by atoms with E-state index >= 15 is 0 Å². The monoisotopic (exact) mass is 301 g/mol. The van der Waals surface area contributed by atoms with Crippen LogP contribution in [0, 0.1) is 0 Å². The Bertz CT molecular complexity index is 454. The Morgan fingerprint density at radius 2 is 2.26 bits per heavy atom. The summed E-state index contributed by atoms with van der Waals surface area (Å²) in [6.07, 6.45) is 3.15. The summed E-state index contributed by atoms with van der Waals surface area (Å²) in [5.41, 5.74) is 7.12. The molecule has 1 aromatic carbocycles. The van der Waals surface area contributed by atoms with E-state index < -0.39 is 0 Å². The molecular formula is C13H20ClN3OS. The van der Waals surface area contributed by atoms with E-state index in [1.165, 1.54) is 0 Å². The van der Waals surface area contributed by atoms with Gasteiger partial charge in [-0.05, 0) is 30.9 Å². The average molecular weight is 302 g/mol. The van der Waals surface area contributed by atoms with Gasteiger partial charge in [-0.15, -0.1) is 0 Å². The summed E-state index contributed by atoms with van der Waals surface area (Å²) in [6.45, 7) is 2.16. The fourth-order valence-corrected chi connectivity index (χ4v) is 3.06. The molecule has 0 aliphatic carbocycles. The fraction of sp³-hybridized carbons (Fsp3) is 0.462. The molecule has 0 aromatic heterocycles. The van der Waals surface area contributed by atoms with Crippen LogP contribution in [-0.2, 0) is 0 Å². The third kappa shape index (κ3) is 3.94. The van der Waals surface area contributed by atoms with Crippen molar-refractivity contribution in [3.63, 3.8) is 0 Å². The van der Waals surface area contributed by atoms with Crippen molar-refractivity contribution in [3.05, 3.63) is 28.8 Å². The normalized spacial score (nSPS) is 13.4. The zero-order chi connectivity index (χ0) is 14.4. The molecule has 6 heteroatoms. The number of nitrogens with two attached hydrogens (primary N) is 1. The molecule has 3 N–H and O–H groups in total. The Labute approximate surface area is 123 Å². The molecule has 1 atom stereocenters. The van der Waals surface area contributed by atoms with Crippen molar-refractivity contribution in [2.24, 2.45) is 10.9 Å². The van der Waals surface area contributed by atoms with E-state index in [2.05, 4.69) is 23.2 Å². The number of halogens is 1. The van der Waals surface area contributed by atoms with Crippen LogP contribution in [0.25, 0.3) is 0 Å². The van der Waals surface area contributed by atoms with E-state index in [1.54, 1.807) is 12.1 Å². The molecule has 1 rings (SSSR count). The van der Waals surface area contributed by atoms with E-state index in [9.17, 15) is 0 Å². The van der Waals surface area contributed by atoms with Gasteiger partial charge in [0.2, 0.25) is 0 Å². The maximum atomic E-state index is 8.66. The molecule has 0 saturated carbocycles. The molecule has 19 heavy (non-hydrogen) atoms. The summed E-state index contributed by atoms with van der Waals surface area (Å²) in [5, 5.41) is 12.2. The molecule has 0 fully saturated rings. The van der Waals surface area contributed by atoms with Crippen LogP contribution in [0.3, 0.4) is 0 Å². The highest BCUT2D eigenvalue weighted by Crippen LogP contribution is 2.28. The van der Waals surface area contributed by atoms with Gasteiger partial charge in [0, 0.05) is 24.4 Å². The molecule has 1 aromatic rings. The summed E-state index contributed by atoms with van der Waals surface area (Å²) < 4.78 is 0. The summed E-state index contributed by atoms with van der Waals surface area (Å²) in [6, 6.07) is 5.85. The maximum absolute atomic E-state index is 8.66. The Morgan fingerprint density at radius 3 is 2.74 bits per heavy atom. The number of thioether (sulfide) groups is 1. The summed E-state index contributed by atoms with van der Waals surface area (Å²) in [4.78, 5) is 2.18. The average Bonchev–Trinajstić information content (AvgIpc) is 2.43. The van der Waals surface area contributed by atoms with Gasteiger partial charge >= 0.3 is 0 Å². The second-order valence-corrected chi connectivity index (χ2v) is 5.60. The molecular weight excluding hydrogens is 282 g/mol. The van der Waals surface area contributed by atoms with Crippen molar-refractivity contribution >= 4 is 34.9 Å². The highest BCUT2D eigenvalue weighted by atomic mass is 35.5. The first kappa shape index (κ1) is 16.0. The van der Waals surface area contributed by atoms with Crippen molar-refractivity contribution in [2.75, 3.05) is 24.0 Å². The second kappa shape index (κ2) is 7.50. The van der Waals surface area contributed by atoms with Crippen LogP contribution in [0.5, 0.6) is 0 Å². The summed E-state index contributed by atoms with van der Waals surface area (Å²) in [7, 11) is 2.04. The van der Waals surface area contributed by atoms with Crippen LogP contribution in [0.1, 0.15) is 18.9 Å². The van der Waals surface area contributed by atoms with Gasteiger partial charge in [0.1, 0.15) is 0 Å². The second-order valence-electron chi connectivity index (χ2n) is 4.28. The van der Waals surface area contributed by atoms with E-state index in [1.807, 2.05) is 24.9 Å². The fourth-order valence-electron chi connectivity index (χ4n) is 1.90. The van der Waals surface area contributed by atoms with Gasteiger partial charge < -0.3 is 15.8 Å². The quantitative estimate of drug-likeness (QED) is 0.367.